The van der Waals surface area contributed by atoms with E-state index in [1.54, 1.807) is 36.4 Å². The third kappa shape index (κ3) is 2.92. The van der Waals surface area contributed by atoms with Crippen LogP contribution in [0.3, 0.4) is 0 Å². The lowest BCUT2D eigenvalue weighted by Gasteiger charge is -2.07. The molecule has 0 aromatic heterocycles. The molecule has 120 valence electrons. The fourth-order valence-corrected chi connectivity index (χ4v) is 4.10. The number of benzene rings is 2. The quantitative estimate of drug-likeness (QED) is 0.854. The predicted octanol–water partition coefficient (Wildman–Crippen LogP) is 2.26. The van der Waals surface area contributed by atoms with Crippen LogP contribution in [0, 0.1) is 0 Å². The van der Waals surface area contributed by atoms with Crippen molar-refractivity contribution in [3.63, 3.8) is 0 Å². The molecule has 2 heterocycles. The first-order chi connectivity index (χ1) is 11.1. The van der Waals surface area contributed by atoms with Crippen LogP contribution in [0.15, 0.2) is 36.4 Å². The lowest BCUT2D eigenvalue weighted by Crippen LogP contribution is -2.07. The van der Waals surface area contributed by atoms with E-state index in [4.69, 9.17) is 18.9 Å². The molecule has 0 fully saturated rings. The molecule has 2 aliphatic rings. The first kappa shape index (κ1) is 14.2. The van der Waals surface area contributed by atoms with E-state index in [0.717, 1.165) is 0 Å². The van der Waals surface area contributed by atoms with Gasteiger partial charge in [0, 0.05) is 0 Å². The summed E-state index contributed by atoms with van der Waals surface area (Å²) in [5.74, 6) is 2.33. The Bertz CT molecular complexity index is 793. The normalized spacial score (nSPS) is 15.0. The Hall–Kier alpha value is -2.41. The molecule has 0 spiro atoms. The van der Waals surface area contributed by atoms with Crippen LogP contribution >= 0.6 is 0 Å². The van der Waals surface area contributed by atoms with Gasteiger partial charge in [-0.25, -0.2) is 8.42 Å². The van der Waals surface area contributed by atoms with Crippen LogP contribution in [0.1, 0.15) is 11.1 Å². The summed E-state index contributed by atoms with van der Waals surface area (Å²) in [5, 5.41) is 0. The Labute approximate surface area is 133 Å². The van der Waals surface area contributed by atoms with Gasteiger partial charge in [-0.3, -0.25) is 0 Å². The second-order valence-corrected chi connectivity index (χ2v) is 7.47. The Kier molecular flexibility index (Phi) is 3.30. The maximum Gasteiger partial charge on any atom is 0.231 e. The van der Waals surface area contributed by atoms with E-state index in [9.17, 15) is 8.42 Å². The summed E-state index contributed by atoms with van der Waals surface area (Å²) in [6.07, 6.45) is 0. The number of ether oxygens (including phenoxy) is 4. The van der Waals surface area contributed by atoms with Crippen LogP contribution in [-0.2, 0) is 21.3 Å². The van der Waals surface area contributed by atoms with Crippen molar-refractivity contribution < 1.29 is 27.4 Å². The van der Waals surface area contributed by atoms with E-state index in [0.29, 0.717) is 34.1 Å². The third-order valence-corrected chi connectivity index (χ3v) is 5.19. The van der Waals surface area contributed by atoms with E-state index < -0.39 is 9.84 Å². The van der Waals surface area contributed by atoms with Gasteiger partial charge in [0.1, 0.15) is 0 Å². The summed E-state index contributed by atoms with van der Waals surface area (Å²) in [6, 6.07) is 10.4. The van der Waals surface area contributed by atoms with E-state index in [1.165, 1.54) is 0 Å². The van der Waals surface area contributed by atoms with Crippen molar-refractivity contribution in [2.24, 2.45) is 0 Å². The molecule has 0 N–H and O–H groups in total. The van der Waals surface area contributed by atoms with Crippen molar-refractivity contribution in [3.8, 4) is 23.0 Å². The van der Waals surface area contributed by atoms with Gasteiger partial charge in [0.05, 0.1) is 11.5 Å². The van der Waals surface area contributed by atoms with Crippen molar-refractivity contribution in [2.75, 3.05) is 13.6 Å². The van der Waals surface area contributed by atoms with Crippen LogP contribution in [0.4, 0.5) is 0 Å². The molecule has 0 radical (unpaired) electrons. The molecule has 7 heteroatoms. The van der Waals surface area contributed by atoms with E-state index in [-0.39, 0.29) is 25.1 Å². The molecule has 0 amide bonds. The molecule has 6 nitrogen and oxygen atoms in total. The van der Waals surface area contributed by atoms with Gasteiger partial charge in [0.25, 0.3) is 0 Å². The number of hydrogen-bond acceptors (Lipinski definition) is 6. The summed E-state index contributed by atoms with van der Waals surface area (Å²) >= 11 is 0. The SMILES string of the molecule is O=S(=O)(Cc1ccc2c(c1)OCO2)Cc1ccc2c(c1)OCO2. The molecular weight excluding hydrogens is 320 g/mol. The average molecular weight is 334 g/mol. The fraction of sp³-hybridized carbons (Fsp3) is 0.250. The number of hydrogen-bond donors (Lipinski definition) is 0. The van der Waals surface area contributed by atoms with Crippen molar-refractivity contribution in [2.45, 2.75) is 11.5 Å². The number of sulfone groups is 1. The first-order valence-corrected chi connectivity index (χ1v) is 8.89. The van der Waals surface area contributed by atoms with Crippen LogP contribution in [-0.4, -0.2) is 22.0 Å². The van der Waals surface area contributed by atoms with Gasteiger partial charge in [-0.05, 0) is 35.4 Å². The zero-order valence-corrected chi connectivity index (χ0v) is 13.0. The minimum absolute atomic E-state index is 0.0575. The highest BCUT2D eigenvalue weighted by molar-refractivity contribution is 7.89. The van der Waals surface area contributed by atoms with Gasteiger partial charge in [0.2, 0.25) is 13.6 Å². The Morgan fingerprint density at radius 3 is 1.61 bits per heavy atom. The topological polar surface area (TPSA) is 71.1 Å². The number of rotatable bonds is 4. The van der Waals surface area contributed by atoms with Gasteiger partial charge >= 0.3 is 0 Å². The minimum Gasteiger partial charge on any atom is -0.454 e. The largest absolute Gasteiger partial charge is 0.454 e. The average Bonchev–Trinajstić information content (AvgIpc) is 3.13. The van der Waals surface area contributed by atoms with Crippen LogP contribution in [0.2, 0.25) is 0 Å². The van der Waals surface area contributed by atoms with Crippen molar-refractivity contribution in [3.05, 3.63) is 47.5 Å². The Morgan fingerprint density at radius 1 is 0.696 bits per heavy atom. The Balaban J connectivity index is 1.52. The maximum absolute atomic E-state index is 12.4. The number of fused-ring (bicyclic) bond motifs is 2. The second kappa shape index (κ2) is 5.34. The highest BCUT2D eigenvalue weighted by Crippen LogP contribution is 2.34. The molecule has 0 unspecified atom stereocenters. The van der Waals surface area contributed by atoms with E-state index in [2.05, 4.69) is 0 Å². The smallest absolute Gasteiger partial charge is 0.231 e. The first-order valence-electron chi connectivity index (χ1n) is 7.07. The Morgan fingerprint density at radius 2 is 1.13 bits per heavy atom. The van der Waals surface area contributed by atoms with Gasteiger partial charge in [0.15, 0.2) is 32.8 Å². The van der Waals surface area contributed by atoms with Gasteiger partial charge < -0.3 is 18.9 Å². The van der Waals surface area contributed by atoms with Gasteiger partial charge in [-0.2, -0.15) is 0 Å². The van der Waals surface area contributed by atoms with Crippen LogP contribution in [0.25, 0.3) is 0 Å². The highest BCUT2D eigenvalue weighted by atomic mass is 32.2. The molecule has 2 aromatic rings. The molecule has 0 aliphatic carbocycles. The molecule has 4 rings (SSSR count). The lowest BCUT2D eigenvalue weighted by molar-refractivity contribution is 0.173. The molecule has 2 aromatic carbocycles. The van der Waals surface area contributed by atoms with Crippen molar-refractivity contribution in [1.82, 2.24) is 0 Å². The van der Waals surface area contributed by atoms with Crippen LogP contribution < -0.4 is 18.9 Å². The standard InChI is InChI=1S/C16H14O6S/c17-23(18,7-11-1-3-13-15(5-11)21-9-19-13)8-12-2-4-14-16(6-12)22-10-20-14/h1-6H,7-10H2. The molecule has 0 bridgehead atoms. The molecular formula is C16H14O6S. The van der Waals surface area contributed by atoms with Crippen molar-refractivity contribution >= 4 is 9.84 Å². The lowest BCUT2D eigenvalue weighted by atomic mass is 10.2. The van der Waals surface area contributed by atoms with Crippen LogP contribution in [0.5, 0.6) is 23.0 Å². The van der Waals surface area contributed by atoms with Gasteiger partial charge in [-0.1, -0.05) is 12.1 Å². The monoisotopic (exact) mass is 334 g/mol. The molecule has 0 saturated carbocycles. The zero-order valence-electron chi connectivity index (χ0n) is 12.2. The summed E-state index contributed by atoms with van der Waals surface area (Å²) in [4.78, 5) is 0. The highest BCUT2D eigenvalue weighted by Gasteiger charge is 2.20. The minimum atomic E-state index is -3.32. The molecule has 0 atom stereocenters. The van der Waals surface area contributed by atoms with E-state index >= 15 is 0 Å². The molecule has 0 saturated heterocycles. The third-order valence-electron chi connectivity index (χ3n) is 3.65. The second-order valence-electron chi connectivity index (χ2n) is 5.41. The summed E-state index contributed by atoms with van der Waals surface area (Å²) in [7, 11) is -3.32. The fourth-order valence-electron chi connectivity index (χ4n) is 2.62. The summed E-state index contributed by atoms with van der Waals surface area (Å²) in [5.41, 5.74) is 1.35. The predicted molar refractivity (Wildman–Crippen MR) is 81.5 cm³/mol. The van der Waals surface area contributed by atoms with Gasteiger partial charge in [-0.15, -0.1) is 0 Å². The van der Waals surface area contributed by atoms with E-state index in [1.807, 2.05) is 0 Å². The molecule has 2 aliphatic heterocycles. The summed E-state index contributed by atoms with van der Waals surface area (Å²) in [6.45, 7) is 0.339. The van der Waals surface area contributed by atoms with Crippen molar-refractivity contribution in [1.29, 1.82) is 0 Å². The molecule has 23 heavy (non-hydrogen) atoms. The zero-order chi connectivity index (χ0) is 15.9. The maximum atomic E-state index is 12.4. The summed E-state index contributed by atoms with van der Waals surface area (Å²) < 4.78 is 45.8.